The Kier molecular flexibility index (Phi) is 7.47. The summed E-state index contributed by atoms with van der Waals surface area (Å²) in [6, 6.07) is -0.769. The van der Waals surface area contributed by atoms with Gasteiger partial charge >= 0.3 is 6.09 Å². The summed E-state index contributed by atoms with van der Waals surface area (Å²) < 4.78 is 10.3. The number of nitrogens with two attached hydrogens (primary N) is 1. The molecule has 0 radical (unpaired) electrons. The van der Waals surface area contributed by atoms with Crippen molar-refractivity contribution in [2.24, 2.45) is 11.7 Å². The lowest BCUT2D eigenvalue weighted by atomic mass is 9.97. The fraction of sp³-hybridized carbons (Fsp3) is 0.812. The van der Waals surface area contributed by atoms with Gasteiger partial charge in [-0.2, -0.15) is 0 Å². The summed E-state index contributed by atoms with van der Waals surface area (Å²) >= 11 is 0. The first-order valence-corrected chi connectivity index (χ1v) is 8.20. The quantitative estimate of drug-likeness (QED) is 0.735. The number of nitrogens with one attached hydrogen (secondary N) is 1. The van der Waals surface area contributed by atoms with Gasteiger partial charge in [0.25, 0.3) is 0 Å². The van der Waals surface area contributed by atoms with Crippen LogP contribution in [0.4, 0.5) is 4.79 Å². The molecule has 1 saturated heterocycles. The molecule has 0 spiro atoms. The van der Waals surface area contributed by atoms with Crippen molar-refractivity contribution in [3.8, 4) is 0 Å². The van der Waals surface area contributed by atoms with Gasteiger partial charge in [-0.15, -0.1) is 0 Å². The van der Waals surface area contributed by atoms with Gasteiger partial charge in [0.2, 0.25) is 11.8 Å². The summed E-state index contributed by atoms with van der Waals surface area (Å²) in [5.74, 6) is -1.25. The second kappa shape index (κ2) is 8.86. The fourth-order valence-corrected chi connectivity index (χ4v) is 2.49. The lowest BCUT2D eigenvalue weighted by Gasteiger charge is -2.34. The summed E-state index contributed by atoms with van der Waals surface area (Å²) in [5, 5.41) is 2.66. The summed E-state index contributed by atoms with van der Waals surface area (Å²) in [5.41, 5.74) is 4.73. The molecule has 0 bridgehead atoms. The van der Waals surface area contributed by atoms with Crippen LogP contribution in [-0.4, -0.2) is 61.3 Å². The highest BCUT2D eigenvalue weighted by Crippen LogP contribution is 2.19. The maximum absolute atomic E-state index is 12.4. The first kappa shape index (κ1) is 20.2. The molecule has 0 aliphatic carbocycles. The number of rotatable bonds is 6. The van der Waals surface area contributed by atoms with Crippen LogP contribution in [0.2, 0.25) is 0 Å². The van der Waals surface area contributed by atoms with Crippen LogP contribution < -0.4 is 11.1 Å². The van der Waals surface area contributed by atoms with E-state index in [1.807, 2.05) is 0 Å². The van der Waals surface area contributed by atoms with Gasteiger partial charge in [0.15, 0.2) is 0 Å². The van der Waals surface area contributed by atoms with Crippen LogP contribution in [0, 0.1) is 5.92 Å². The molecule has 1 aliphatic heterocycles. The Morgan fingerprint density at radius 3 is 2.54 bits per heavy atom. The fourth-order valence-electron chi connectivity index (χ4n) is 2.49. The van der Waals surface area contributed by atoms with E-state index in [1.54, 1.807) is 20.8 Å². The number of likely N-dealkylation sites (tertiary alicyclic amines) is 1. The molecule has 0 aromatic carbocycles. The van der Waals surface area contributed by atoms with Gasteiger partial charge in [0.1, 0.15) is 11.6 Å². The lowest BCUT2D eigenvalue weighted by Crippen LogP contribution is -2.51. The predicted molar refractivity (Wildman–Crippen MR) is 88.1 cm³/mol. The average molecular weight is 343 g/mol. The second-order valence-electron chi connectivity index (χ2n) is 7.01. The van der Waals surface area contributed by atoms with Crippen LogP contribution in [-0.2, 0) is 19.1 Å². The van der Waals surface area contributed by atoms with E-state index >= 15 is 0 Å². The Morgan fingerprint density at radius 1 is 1.33 bits per heavy atom. The third kappa shape index (κ3) is 6.74. The number of carbonyl (C=O) groups excluding carboxylic acids is 3. The molecule has 3 amide bonds. The lowest BCUT2D eigenvalue weighted by molar-refractivity contribution is -0.131. The Bertz CT molecular complexity index is 461. The summed E-state index contributed by atoms with van der Waals surface area (Å²) in [7, 11) is 1.51. The Hall–Kier alpha value is -1.83. The zero-order valence-electron chi connectivity index (χ0n) is 15.0. The molecule has 3 N–H and O–H groups in total. The van der Waals surface area contributed by atoms with E-state index in [0.717, 1.165) is 0 Å². The minimum absolute atomic E-state index is 0.274. The highest BCUT2D eigenvalue weighted by Gasteiger charge is 2.32. The van der Waals surface area contributed by atoms with Crippen molar-refractivity contribution < 1.29 is 23.9 Å². The van der Waals surface area contributed by atoms with E-state index in [1.165, 1.54) is 12.0 Å². The number of ether oxygens (including phenoxy) is 2. The van der Waals surface area contributed by atoms with Gasteiger partial charge < -0.3 is 25.4 Å². The summed E-state index contributed by atoms with van der Waals surface area (Å²) in [6.45, 7) is 6.55. The second-order valence-corrected chi connectivity index (χ2v) is 7.01. The monoisotopic (exact) mass is 343 g/mol. The third-order valence-corrected chi connectivity index (χ3v) is 3.71. The van der Waals surface area contributed by atoms with Crippen LogP contribution >= 0.6 is 0 Å². The van der Waals surface area contributed by atoms with E-state index in [2.05, 4.69) is 5.32 Å². The highest BCUT2D eigenvalue weighted by atomic mass is 16.6. The van der Waals surface area contributed by atoms with E-state index in [-0.39, 0.29) is 18.4 Å². The number of carbonyl (C=O) groups is 3. The molecule has 24 heavy (non-hydrogen) atoms. The Morgan fingerprint density at radius 2 is 2.00 bits per heavy atom. The van der Waals surface area contributed by atoms with E-state index in [9.17, 15) is 14.4 Å². The van der Waals surface area contributed by atoms with E-state index in [0.29, 0.717) is 32.4 Å². The van der Waals surface area contributed by atoms with Crippen LogP contribution in [0.25, 0.3) is 0 Å². The first-order valence-electron chi connectivity index (χ1n) is 8.20. The van der Waals surface area contributed by atoms with Crippen LogP contribution in [0.15, 0.2) is 0 Å². The predicted octanol–water partition coefficient (Wildman–Crippen LogP) is 0.640. The van der Waals surface area contributed by atoms with Crippen molar-refractivity contribution in [1.82, 2.24) is 10.2 Å². The number of primary amides is 1. The molecule has 8 nitrogen and oxygen atoms in total. The molecule has 0 unspecified atom stereocenters. The maximum Gasteiger partial charge on any atom is 0.410 e. The molecule has 1 heterocycles. The van der Waals surface area contributed by atoms with Crippen LogP contribution in [0.1, 0.15) is 40.0 Å². The molecule has 138 valence electrons. The number of amides is 3. The topological polar surface area (TPSA) is 111 Å². The van der Waals surface area contributed by atoms with Crippen LogP contribution in [0.3, 0.4) is 0 Å². The smallest absolute Gasteiger partial charge is 0.410 e. The SMILES string of the molecule is COCC[C@H](NC(=O)[C@H]1CCCN(C(=O)OC(C)(C)C)C1)C(N)=O. The normalized spacial score (nSPS) is 19.5. The van der Waals surface area contributed by atoms with Gasteiger partial charge in [-0.25, -0.2) is 4.79 Å². The molecular formula is C16H29N3O5. The molecule has 0 aromatic heterocycles. The Balaban J connectivity index is 2.60. The van der Waals surface area contributed by atoms with Gasteiger partial charge in [-0.3, -0.25) is 9.59 Å². The van der Waals surface area contributed by atoms with Gasteiger partial charge in [-0.1, -0.05) is 0 Å². The average Bonchev–Trinajstić information content (AvgIpc) is 2.49. The van der Waals surface area contributed by atoms with Crippen molar-refractivity contribution in [2.75, 3.05) is 26.8 Å². The number of nitrogens with zero attached hydrogens (tertiary/aromatic N) is 1. The van der Waals surface area contributed by atoms with Crippen molar-refractivity contribution in [1.29, 1.82) is 0 Å². The minimum atomic E-state index is -0.769. The summed E-state index contributed by atoms with van der Waals surface area (Å²) in [4.78, 5) is 37.5. The third-order valence-electron chi connectivity index (χ3n) is 3.71. The number of methoxy groups -OCH3 is 1. The van der Waals surface area contributed by atoms with Gasteiger partial charge in [-0.05, 0) is 40.0 Å². The number of piperidine rings is 1. The molecule has 8 heteroatoms. The molecule has 2 atom stereocenters. The summed E-state index contributed by atoms with van der Waals surface area (Å²) in [6.07, 6.45) is 1.25. The van der Waals surface area contributed by atoms with E-state index < -0.39 is 23.6 Å². The zero-order valence-corrected chi connectivity index (χ0v) is 15.0. The molecule has 1 aliphatic rings. The highest BCUT2D eigenvalue weighted by molar-refractivity contribution is 5.87. The first-order chi connectivity index (χ1) is 11.1. The molecule has 1 rings (SSSR count). The minimum Gasteiger partial charge on any atom is -0.444 e. The molecule has 0 aromatic rings. The van der Waals surface area contributed by atoms with Crippen molar-refractivity contribution in [3.05, 3.63) is 0 Å². The standard InChI is InChI=1S/C16H29N3O5/c1-16(2,3)24-15(22)19-8-5-6-11(10-19)14(21)18-12(13(17)20)7-9-23-4/h11-12H,5-10H2,1-4H3,(H2,17,20)(H,18,21)/t11-,12-/m0/s1. The zero-order chi connectivity index (χ0) is 18.3. The maximum atomic E-state index is 12.4. The van der Waals surface area contributed by atoms with Crippen LogP contribution in [0.5, 0.6) is 0 Å². The largest absolute Gasteiger partial charge is 0.444 e. The van der Waals surface area contributed by atoms with Gasteiger partial charge in [0.05, 0.1) is 5.92 Å². The van der Waals surface area contributed by atoms with E-state index in [4.69, 9.17) is 15.2 Å². The van der Waals surface area contributed by atoms with Crippen molar-refractivity contribution >= 4 is 17.9 Å². The van der Waals surface area contributed by atoms with Crippen molar-refractivity contribution in [3.63, 3.8) is 0 Å². The molecule has 0 saturated carbocycles. The number of hydrogen-bond donors (Lipinski definition) is 2. The van der Waals surface area contributed by atoms with Crippen molar-refractivity contribution in [2.45, 2.75) is 51.7 Å². The molecular weight excluding hydrogens is 314 g/mol. The molecule has 1 fully saturated rings. The number of hydrogen-bond acceptors (Lipinski definition) is 5. The Labute approximate surface area is 143 Å². The van der Waals surface area contributed by atoms with Gasteiger partial charge in [0, 0.05) is 26.8 Å².